The van der Waals surface area contributed by atoms with E-state index in [9.17, 15) is 9.59 Å². The first-order chi connectivity index (χ1) is 14.1. The van der Waals surface area contributed by atoms with Crippen molar-refractivity contribution in [3.63, 3.8) is 0 Å². The zero-order valence-electron chi connectivity index (χ0n) is 16.7. The Kier molecular flexibility index (Phi) is 6.51. The molecule has 3 rings (SSSR count). The maximum Gasteiger partial charge on any atom is 0.278 e. The van der Waals surface area contributed by atoms with Crippen molar-refractivity contribution in [3.8, 4) is 11.5 Å². The van der Waals surface area contributed by atoms with Crippen LogP contribution >= 0.6 is 0 Å². The molecule has 2 aromatic rings. The minimum Gasteiger partial charge on any atom is -0.493 e. The predicted octanol–water partition coefficient (Wildman–Crippen LogP) is 2.93. The second-order valence-electron chi connectivity index (χ2n) is 6.42. The summed E-state index contributed by atoms with van der Waals surface area (Å²) in [6, 6.07) is 14.4. The Labute approximate surface area is 169 Å². The van der Waals surface area contributed by atoms with Crippen LogP contribution in [0.2, 0.25) is 0 Å². The van der Waals surface area contributed by atoms with Gasteiger partial charge in [-0.25, -0.2) is 0 Å². The molecule has 152 valence electrons. The highest BCUT2D eigenvalue weighted by Crippen LogP contribution is 2.35. The molecule has 0 aliphatic carbocycles. The first kappa shape index (κ1) is 20.4. The summed E-state index contributed by atoms with van der Waals surface area (Å²) in [5, 5.41) is 3.12. The topological polar surface area (TPSA) is 77.1 Å². The maximum atomic E-state index is 13.2. The number of rotatable bonds is 9. The number of hydrogen-bond donors (Lipinski definition) is 1. The number of nitrogens with zero attached hydrogens (tertiary/aromatic N) is 1. The number of anilines is 1. The minimum atomic E-state index is -0.361. The van der Waals surface area contributed by atoms with E-state index in [2.05, 4.69) is 5.32 Å². The first-order valence-electron chi connectivity index (χ1n) is 9.24. The zero-order chi connectivity index (χ0) is 20.8. The van der Waals surface area contributed by atoms with Gasteiger partial charge in [-0.1, -0.05) is 24.3 Å². The van der Waals surface area contributed by atoms with Crippen LogP contribution in [0.25, 0.3) is 5.57 Å². The normalized spacial score (nSPS) is 13.8. The smallest absolute Gasteiger partial charge is 0.278 e. The van der Waals surface area contributed by atoms with Crippen molar-refractivity contribution in [1.82, 2.24) is 4.90 Å². The third kappa shape index (κ3) is 4.25. The summed E-state index contributed by atoms with van der Waals surface area (Å²) in [5.41, 5.74) is 1.84. The second kappa shape index (κ2) is 9.25. The number of para-hydroxylation sites is 1. The predicted molar refractivity (Wildman–Crippen MR) is 110 cm³/mol. The Balaban J connectivity index is 2.03. The summed E-state index contributed by atoms with van der Waals surface area (Å²) in [7, 11) is 4.65. The van der Waals surface area contributed by atoms with Gasteiger partial charge in [0.15, 0.2) is 11.5 Å². The number of hydrogen-bond acceptors (Lipinski definition) is 6. The number of nitrogens with one attached hydrogen (secondary N) is 1. The van der Waals surface area contributed by atoms with Gasteiger partial charge in [0.25, 0.3) is 11.8 Å². The molecule has 7 nitrogen and oxygen atoms in total. The van der Waals surface area contributed by atoms with Gasteiger partial charge in [-0.3, -0.25) is 14.5 Å². The monoisotopic (exact) mass is 396 g/mol. The Morgan fingerprint density at radius 1 is 0.897 bits per heavy atom. The molecule has 0 aromatic heterocycles. The van der Waals surface area contributed by atoms with Crippen molar-refractivity contribution in [2.45, 2.75) is 6.42 Å². The molecule has 0 spiro atoms. The summed E-state index contributed by atoms with van der Waals surface area (Å²) in [6.07, 6.45) is 0.561. The van der Waals surface area contributed by atoms with Crippen molar-refractivity contribution in [2.75, 3.05) is 39.8 Å². The van der Waals surface area contributed by atoms with Crippen molar-refractivity contribution < 1.29 is 23.8 Å². The van der Waals surface area contributed by atoms with Crippen LogP contribution in [-0.4, -0.2) is 51.2 Å². The molecule has 1 heterocycles. The highest BCUT2D eigenvalue weighted by Gasteiger charge is 2.39. The minimum absolute atomic E-state index is 0.242. The molecule has 0 saturated heterocycles. The fraction of sp³-hybridized carbons (Fsp3) is 0.273. The molecule has 0 atom stereocenters. The van der Waals surface area contributed by atoms with Crippen molar-refractivity contribution in [2.24, 2.45) is 0 Å². The highest BCUT2D eigenvalue weighted by atomic mass is 16.5. The second-order valence-corrected chi connectivity index (χ2v) is 6.42. The van der Waals surface area contributed by atoms with Crippen LogP contribution < -0.4 is 14.8 Å². The van der Waals surface area contributed by atoms with Crippen molar-refractivity contribution >= 4 is 23.1 Å². The highest BCUT2D eigenvalue weighted by molar-refractivity contribution is 6.36. The summed E-state index contributed by atoms with van der Waals surface area (Å²) in [5.74, 6) is 0.314. The molecule has 0 bridgehead atoms. The largest absolute Gasteiger partial charge is 0.493 e. The standard InChI is InChI=1S/C22H24N2O5/c1-27-13-7-12-24-21(25)19(15-10-11-17(28-2)18(14-15)29-3)20(22(24)26)23-16-8-5-4-6-9-16/h4-6,8-11,14,23H,7,12-13H2,1-3H3. The van der Waals surface area contributed by atoms with Gasteiger partial charge < -0.3 is 19.5 Å². The van der Waals surface area contributed by atoms with E-state index in [1.807, 2.05) is 30.3 Å². The Morgan fingerprint density at radius 2 is 1.62 bits per heavy atom. The average molecular weight is 396 g/mol. The Hall–Kier alpha value is -3.32. The lowest BCUT2D eigenvalue weighted by Gasteiger charge is -2.15. The van der Waals surface area contributed by atoms with Crippen LogP contribution in [0.15, 0.2) is 54.2 Å². The van der Waals surface area contributed by atoms with Gasteiger partial charge in [0.2, 0.25) is 0 Å². The van der Waals surface area contributed by atoms with Crippen LogP contribution in [0.3, 0.4) is 0 Å². The van der Waals surface area contributed by atoms with E-state index >= 15 is 0 Å². The lowest BCUT2D eigenvalue weighted by Crippen LogP contribution is -2.33. The third-order valence-corrected chi connectivity index (χ3v) is 4.61. The van der Waals surface area contributed by atoms with E-state index in [0.29, 0.717) is 35.7 Å². The summed E-state index contributed by atoms with van der Waals surface area (Å²) in [4.78, 5) is 27.5. The van der Waals surface area contributed by atoms with E-state index in [0.717, 1.165) is 5.69 Å². The number of amides is 2. The maximum absolute atomic E-state index is 13.2. The van der Waals surface area contributed by atoms with E-state index in [-0.39, 0.29) is 24.1 Å². The molecule has 29 heavy (non-hydrogen) atoms. The van der Waals surface area contributed by atoms with Gasteiger partial charge in [0, 0.05) is 25.9 Å². The molecular formula is C22H24N2O5. The van der Waals surface area contributed by atoms with Gasteiger partial charge in [-0.15, -0.1) is 0 Å². The van der Waals surface area contributed by atoms with Gasteiger partial charge in [-0.05, 0) is 36.2 Å². The number of carbonyl (C=O) groups excluding carboxylic acids is 2. The fourth-order valence-electron chi connectivity index (χ4n) is 3.19. The number of imide groups is 1. The van der Waals surface area contributed by atoms with Gasteiger partial charge >= 0.3 is 0 Å². The zero-order valence-corrected chi connectivity index (χ0v) is 16.7. The number of methoxy groups -OCH3 is 3. The average Bonchev–Trinajstić information content (AvgIpc) is 2.98. The molecule has 2 aromatic carbocycles. The molecule has 0 radical (unpaired) electrons. The lowest BCUT2D eigenvalue weighted by molar-refractivity contribution is -0.136. The van der Waals surface area contributed by atoms with Crippen molar-refractivity contribution in [1.29, 1.82) is 0 Å². The van der Waals surface area contributed by atoms with Gasteiger partial charge in [0.1, 0.15) is 5.70 Å². The molecule has 1 N–H and O–H groups in total. The number of benzene rings is 2. The number of ether oxygens (including phenoxy) is 3. The van der Waals surface area contributed by atoms with E-state index < -0.39 is 0 Å². The van der Waals surface area contributed by atoms with Crippen LogP contribution in [0, 0.1) is 0 Å². The van der Waals surface area contributed by atoms with Crippen LogP contribution in [0.5, 0.6) is 11.5 Å². The molecule has 1 aliphatic rings. The summed E-state index contributed by atoms with van der Waals surface area (Å²) >= 11 is 0. The molecular weight excluding hydrogens is 372 g/mol. The molecule has 0 fully saturated rings. The van der Waals surface area contributed by atoms with Crippen LogP contribution in [-0.2, 0) is 14.3 Å². The van der Waals surface area contributed by atoms with Gasteiger partial charge in [0.05, 0.1) is 19.8 Å². The van der Waals surface area contributed by atoms with E-state index in [1.165, 1.54) is 12.0 Å². The van der Waals surface area contributed by atoms with E-state index in [1.54, 1.807) is 32.4 Å². The Morgan fingerprint density at radius 3 is 2.28 bits per heavy atom. The molecule has 1 aliphatic heterocycles. The number of carbonyl (C=O) groups is 2. The summed E-state index contributed by atoms with van der Waals surface area (Å²) in [6.45, 7) is 0.743. The molecule has 2 amide bonds. The van der Waals surface area contributed by atoms with Crippen LogP contribution in [0.1, 0.15) is 12.0 Å². The fourth-order valence-corrected chi connectivity index (χ4v) is 3.19. The quantitative estimate of drug-likeness (QED) is 0.519. The van der Waals surface area contributed by atoms with Gasteiger partial charge in [-0.2, -0.15) is 0 Å². The molecule has 7 heteroatoms. The SMILES string of the molecule is COCCCN1C(=O)C(Nc2ccccc2)=C(c2ccc(OC)c(OC)c2)C1=O. The van der Waals surface area contributed by atoms with Crippen LogP contribution in [0.4, 0.5) is 5.69 Å². The summed E-state index contributed by atoms with van der Waals surface area (Å²) < 4.78 is 15.7. The molecule has 0 unspecified atom stereocenters. The Bertz CT molecular complexity index is 924. The van der Waals surface area contributed by atoms with Crippen molar-refractivity contribution in [3.05, 3.63) is 59.8 Å². The third-order valence-electron chi connectivity index (χ3n) is 4.61. The first-order valence-corrected chi connectivity index (χ1v) is 9.24. The lowest BCUT2D eigenvalue weighted by atomic mass is 10.0. The molecule has 0 saturated carbocycles. The van der Waals surface area contributed by atoms with E-state index in [4.69, 9.17) is 14.2 Å².